The molecule has 2 aliphatic rings. The summed E-state index contributed by atoms with van der Waals surface area (Å²) in [4.78, 5) is 2.27. The van der Waals surface area contributed by atoms with Gasteiger partial charge in [-0.2, -0.15) is 13.2 Å². The van der Waals surface area contributed by atoms with Crippen LogP contribution in [0.2, 0.25) is 0 Å². The summed E-state index contributed by atoms with van der Waals surface area (Å²) in [6.45, 7) is 1.24. The van der Waals surface area contributed by atoms with Crippen LogP contribution in [-0.2, 0) is 11.0 Å². The van der Waals surface area contributed by atoms with Gasteiger partial charge in [0.2, 0.25) is 0 Å². The monoisotopic (exact) mass is 621 g/mol. The maximum atomic E-state index is 14.7. The molecular weight excluding hydrogens is 585 g/mol. The zero-order valence-electron chi connectivity index (χ0n) is 23.8. The van der Waals surface area contributed by atoms with Crippen LogP contribution >= 0.6 is 18.5 Å². The van der Waals surface area contributed by atoms with Gasteiger partial charge in [-0.25, -0.2) is 4.39 Å². The molecule has 226 valence electrons. The van der Waals surface area contributed by atoms with Crippen molar-refractivity contribution >= 4 is 45.2 Å². The highest BCUT2D eigenvalue weighted by atomic mass is 32.1. The number of halogens is 4. The van der Waals surface area contributed by atoms with E-state index in [-0.39, 0.29) is 12.1 Å². The molecule has 0 bridgehead atoms. The van der Waals surface area contributed by atoms with Crippen molar-refractivity contribution in [2.75, 3.05) is 56.7 Å². The Labute approximate surface area is 248 Å². The quantitative estimate of drug-likeness (QED) is 0.168. The third kappa shape index (κ3) is 7.07. The molecule has 42 heavy (non-hydrogen) atoms. The van der Waals surface area contributed by atoms with Crippen LogP contribution in [0.25, 0.3) is 10.1 Å². The molecule has 0 unspecified atom stereocenters. The molecule has 5 rings (SSSR count). The Hall–Kier alpha value is -2.73. The van der Waals surface area contributed by atoms with E-state index in [4.69, 9.17) is 4.74 Å². The van der Waals surface area contributed by atoms with Gasteiger partial charge in [0, 0.05) is 30.7 Å². The van der Waals surface area contributed by atoms with Gasteiger partial charge in [0.25, 0.3) is 0 Å². The van der Waals surface area contributed by atoms with Gasteiger partial charge in [-0.1, -0.05) is 30.4 Å². The number of alkyl halides is 4. The Morgan fingerprint density at radius 3 is 2.64 bits per heavy atom. The average Bonchev–Trinajstić information content (AvgIpc) is 3.29. The first-order valence-corrected chi connectivity index (χ1v) is 17.2. The second-order valence-electron chi connectivity index (χ2n) is 11.1. The first-order chi connectivity index (χ1) is 20.1. The van der Waals surface area contributed by atoms with Gasteiger partial charge in [-0.3, -0.25) is 0 Å². The van der Waals surface area contributed by atoms with E-state index in [2.05, 4.69) is 22.5 Å². The lowest BCUT2D eigenvalue weighted by Gasteiger charge is -2.33. The van der Waals surface area contributed by atoms with Crippen LogP contribution in [0.3, 0.4) is 0 Å². The number of benzene rings is 2. The van der Waals surface area contributed by atoms with Crippen LogP contribution in [-0.4, -0.2) is 69.4 Å². The lowest BCUT2D eigenvalue weighted by Crippen LogP contribution is -2.46. The van der Waals surface area contributed by atoms with Gasteiger partial charge in [-0.05, 0) is 61.5 Å². The van der Waals surface area contributed by atoms with Crippen molar-refractivity contribution in [3.8, 4) is 17.6 Å². The highest BCUT2D eigenvalue weighted by Crippen LogP contribution is 2.50. The highest BCUT2D eigenvalue weighted by molar-refractivity contribution is 7.71. The molecule has 2 saturated heterocycles. The van der Waals surface area contributed by atoms with E-state index in [0.717, 1.165) is 31.1 Å². The molecule has 2 aromatic carbocycles. The van der Waals surface area contributed by atoms with Gasteiger partial charge in [0.05, 0.1) is 47.1 Å². The molecule has 0 saturated carbocycles. The molecule has 0 spiro atoms. The molecule has 3 heterocycles. The molecule has 2 fully saturated rings. The van der Waals surface area contributed by atoms with E-state index in [1.54, 1.807) is 25.3 Å². The number of fused-ring (bicyclic) bond motifs is 1. The number of likely N-dealkylation sites (tertiary alicyclic amines) is 1. The fraction of sp³-hybridized carbons (Fsp3) is 0.484. The van der Waals surface area contributed by atoms with Gasteiger partial charge >= 0.3 is 6.18 Å². The van der Waals surface area contributed by atoms with Crippen LogP contribution < -0.4 is 20.7 Å². The molecule has 2 N–H and O–H groups in total. The van der Waals surface area contributed by atoms with Gasteiger partial charge < -0.3 is 24.8 Å². The summed E-state index contributed by atoms with van der Waals surface area (Å²) in [6.07, 6.45) is -1.49. The molecule has 0 aliphatic carbocycles. The van der Waals surface area contributed by atoms with E-state index in [9.17, 15) is 22.1 Å². The topological polar surface area (TPSA) is 53.6 Å². The van der Waals surface area contributed by atoms with Gasteiger partial charge in [0.15, 0.2) is 0 Å². The number of methoxy groups -OCH3 is 1. The fourth-order valence-corrected chi connectivity index (χ4v) is 9.88. The van der Waals surface area contributed by atoms with Crippen molar-refractivity contribution in [1.82, 2.24) is 4.90 Å². The Kier molecular flexibility index (Phi) is 9.41. The second-order valence-corrected chi connectivity index (χ2v) is 15.3. The summed E-state index contributed by atoms with van der Waals surface area (Å²) in [6, 6.07) is 10.3. The average molecular weight is 622 g/mol. The summed E-state index contributed by atoms with van der Waals surface area (Å²) in [5.74, 6) is 6.49. The minimum Gasteiger partial charge on any atom is -0.495 e. The van der Waals surface area contributed by atoms with Crippen LogP contribution in [0.15, 0.2) is 36.4 Å². The molecule has 0 radical (unpaired) electrons. The SMILES string of the molecule is COc1cc(P2(=O)CCCCC2)ccc1NCC#Cc1sc2c(N[C@H]3CCN(C)C[C@@H]3F)cccc2c1CC(F)(F)F. The molecule has 3 aromatic rings. The Bertz CT molecular complexity index is 1520. The number of hydrogen-bond donors (Lipinski definition) is 2. The summed E-state index contributed by atoms with van der Waals surface area (Å²) < 4.78 is 75.2. The first-order valence-electron chi connectivity index (χ1n) is 14.3. The van der Waals surface area contributed by atoms with E-state index < -0.39 is 32.0 Å². The number of nitrogens with one attached hydrogen (secondary N) is 2. The Morgan fingerprint density at radius 2 is 1.93 bits per heavy atom. The van der Waals surface area contributed by atoms with Crippen molar-refractivity contribution in [2.45, 2.75) is 50.5 Å². The fourth-order valence-electron chi connectivity index (χ4n) is 5.80. The molecule has 11 heteroatoms. The van der Waals surface area contributed by atoms with Gasteiger partial charge in [0.1, 0.15) is 19.1 Å². The van der Waals surface area contributed by atoms with Crippen molar-refractivity contribution < 1.29 is 26.9 Å². The first kappa shape index (κ1) is 30.7. The van der Waals surface area contributed by atoms with Crippen LogP contribution in [0.1, 0.15) is 36.1 Å². The van der Waals surface area contributed by atoms with Crippen LogP contribution in [0.4, 0.5) is 28.9 Å². The van der Waals surface area contributed by atoms with Crippen molar-refractivity contribution in [2.24, 2.45) is 0 Å². The molecule has 2 atom stereocenters. The van der Waals surface area contributed by atoms with E-state index in [0.29, 0.717) is 57.4 Å². The number of anilines is 2. The zero-order valence-corrected chi connectivity index (χ0v) is 25.5. The van der Waals surface area contributed by atoms with Crippen molar-refractivity contribution in [1.29, 1.82) is 0 Å². The number of nitrogens with zero attached hydrogens (tertiary/aromatic N) is 1. The second kappa shape index (κ2) is 12.9. The summed E-state index contributed by atoms with van der Waals surface area (Å²) in [5, 5.41) is 7.76. The molecule has 1 aromatic heterocycles. The highest BCUT2D eigenvalue weighted by Gasteiger charge is 2.32. The maximum Gasteiger partial charge on any atom is 0.393 e. The van der Waals surface area contributed by atoms with E-state index in [1.807, 2.05) is 30.1 Å². The molecule has 2 aliphatic heterocycles. The Balaban J connectivity index is 1.37. The lowest BCUT2D eigenvalue weighted by atomic mass is 10.0. The predicted molar refractivity (Wildman–Crippen MR) is 165 cm³/mol. The van der Waals surface area contributed by atoms with E-state index in [1.165, 1.54) is 11.3 Å². The summed E-state index contributed by atoms with van der Waals surface area (Å²) >= 11 is 1.20. The molecule has 0 amide bonds. The summed E-state index contributed by atoms with van der Waals surface area (Å²) in [5.41, 5.74) is 1.44. The van der Waals surface area contributed by atoms with E-state index >= 15 is 0 Å². The molecule has 5 nitrogen and oxygen atoms in total. The van der Waals surface area contributed by atoms with Crippen molar-refractivity contribution in [3.05, 3.63) is 46.8 Å². The van der Waals surface area contributed by atoms with Crippen molar-refractivity contribution in [3.63, 3.8) is 0 Å². The molecular formula is C31H36F4N3O2PS. The van der Waals surface area contributed by atoms with Gasteiger partial charge in [-0.15, -0.1) is 11.3 Å². The minimum absolute atomic E-state index is 0.137. The number of ether oxygens (including phenoxy) is 1. The standard InChI is InChI=1S/C31H36F4N3O2PS/c1-38-15-13-25(24(32)20-38)37-27-9-6-8-22-23(19-31(33,34)35)29(42-30(22)27)10-7-14-36-26-12-11-21(18-28(26)40-2)41(39)16-4-3-5-17-41/h6,8-9,11-12,18,24-25,36-37H,3-5,13-17,19-20H2,1-2H3/t24-,25-/m0/s1. The largest absolute Gasteiger partial charge is 0.495 e. The smallest absolute Gasteiger partial charge is 0.393 e. The number of rotatable bonds is 7. The van der Waals surface area contributed by atoms with Crippen LogP contribution in [0.5, 0.6) is 5.75 Å². The maximum absolute atomic E-state index is 14.7. The number of hydrogen-bond acceptors (Lipinski definition) is 6. The predicted octanol–water partition coefficient (Wildman–Crippen LogP) is 7.10. The minimum atomic E-state index is -4.40. The third-order valence-electron chi connectivity index (χ3n) is 8.04. The normalized spacial score (nSPS) is 21.0. The number of piperidine rings is 1. The summed E-state index contributed by atoms with van der Waals surface area (Å²) in [7, 11) is 1.01. The third-order valence-corrected chi connectivity index (χ3v) is 12.5. The lowest BCUT2D eigenvalue weighted by molar-refractivity contribution is -0.126. The zero-order chi connectivity index (χ0) is 29.9. The number of thiophene rings is 1. The Morgan fingerprint density at radius 1 is 1.14 bits per heavy atom. The van der Waals surface area contributed by atoms with Crippen LogP contribution in [0, 0.1) is 11.8 Å².